The molecule has 0 radical (unpaired) electrons. The number of rotatable bonds is 4. The maximum atomic E-state index is 9.30. The Morgan fingerprint density at radius 3 is 2.31 bits per heavy atom. The maximum Gasteiger partial charge on any atom is 0.0702 e. The molecule has 2 unspecified atom stereocenters. The molecule has 0 saturated heterocycles. The fourth-order valence-electron chi connectivity index (χ4n) is 1.82. The molecule has 16 heavy (non-hydrogen) atoms. The van der Waals surface area contributed by atoms with Crippen molar-refractivity contribution >= 4 is 27.3 Å². The molecule has 88 valence electrons. The summed E-state index contributed by atoms with van der Waals surface area (Å²) in [5.41, 5.74) is 0. The molecular weight excluding hydrogens is 284 g/mol. The zero-order valence-corrected chi connectivity index (χ0v) is 12.5. The van der Waals surface area contributed by atoms with Crippen LogP contribution in [0.5, 0.6) is 0 Å². The van der Waals surface area contributed by atoms with Crippen molar-refractivity contribution in [1.29, 1.82) is 5.26 Å². The van der Waals surface area contributed by atoms with Gasteiger partial charge < -0.3 is 4.90 Å². The average Bonchev–Trinajstić information content (AvgIpc) is 2.59. The van der Waals surface area contributed by atoms with Gasteiger partial charge in [0.05, 0.1) is 21.8 Å². The lowest BCUT2D eigenvalue weighted by molar-refractivity contribution is 0.214. The molecule has 0 amide bonds. The van der Waals surface area contributed by atoms with E-state index in [9.17, 15) is 5.26 Å². The highest BCUT2D eigenvalue weighted by molar-refractivity contribution is 9.11. The smallest absolute Gasteiger partial charge is 0.0702 e. The Labute approximate surface area is 110 Å². The first-order valence-electron chi connectivity index (χ1n) is 5.28. The Bertz CT molecular complexity index is 379. The Hall–Kier alpha value is -0.370. The molecule has 0 aliphatic heterocycles. The van der Waals surface area contributed by atoms with Gasteiger partial charge in [-0.1, -0.05) is 13.8 Å². The SMILES string of the molecule is CC(C)C(C#N)C(c1ccc(Br)s1)N(C)C. The highest BCUT2D eigenvalue weighted by Gasteiger charge is 2.28. The number of hydrogen-bond donors (Lipinski definition) is 0. The summed E-state index contributed by atoms with van der Waals surface area (Å²) in [4.78, 5) is 3.38. The van der Waals surface area contributed by atoms with Gasteiger partial charge in [0, 0.05) is 4.88 Å². The first kappa shape index (κ1) is 13.7. The summed E-state index contributed by atoms with van der Waals surface area (Å²) < 4.78 is 1.12. The summed E-state index contributed by atoms with van der Waals surface area (Å²) in [5.74, 6) is 0.388. The van der Waals surface area contributed by atoms with E-state index in [2.05, 4.69) is 46.8 Å². The van der Waals surface area contributed by atoms with E-state index in [1.807, 2.05) is 20.2 Å². The van der Waals surface area contributed by atoms with Gasteiger partial charge in [-0.25, -0.2) is 0 Å². The second kappa shape index (κ2) is 5.81. The van der Waals surface area contributed by atoms with Crippen LogP contribution in [0.2, 0.25) is 0 Å². The van der Waals surface area contributed by atoms with Gasteiger partial charge in [-0.3, -0.25) is 0 Å². The molecule has 0 saturated carbocycles. The fourth-order valence-corrected chi connectivity index (χ4v) is 3.49. The van der Waals surface area contributed by atoms with Crippen LogP contribution in [0.25, 0.3) is 0 Å². The minimum Gasteiger partial charge on any atom is -0.300 e. The molecule has 0 aliphatic carbocycles. The van der Waals surface area contributed by atoms with Crippen LogP contribution >= 0.6 is 27.3 Å². The Balaban J connectivity index is 3.04. The average molecular weight is 301 g/mol. The molecule has 2 nitrogen and oxygen atoms in total. The second-order valence-corrected chi connectivity index (χ2v) is 6.94. The Morgan fingerprint density at radius 1 is 1.38 bits per heavy atom. The van der Waals surface area contributed by atoms with Crippen molar-refractivity contribution in [1.82, 2.24) is 4.90 Å². The molecule has 2 atom stereocenters. The van der Waals surface area contributed by atoms with Crippen molar-refractivity contribution in [2.24, 2.45) is 11.8 Å². The maximum absolute atomic E-state index is 9.30. The van der Waals surface area contributed by atoms with Crippen LogP contribution in [0, 0.1) is 23.2 Å². The van der Waals surface area contributed by atoms with Crippen molar-refractivity contribution in [3.63, 3.8) is 0 Å². The number of halogens is 1. The first-order chi connectivity index (χ1) is 7.47. The van der Waals surface area contributed by atoms with Crippen molar-refractivity contribution in [3.05, 3.63) is 20.8 Å². The van der Waals surface area contributed by atoms with E-state index in [1.54, 1.807) is 11.3 Å². The summed E-state index contributed by atoms with van der Waals surface area (Å²) in [7, 11) is 4.07. The van der Waals surface area contributed by atoms with Gasteiger partial charge in [-0.15, -0.1) is 11.3 Å². The van der Waals surface area contributed by atoms with Crippen LogP contribution in [0.3, 0.4) is 0 Å². The van der Waals surface area contributed by atoms with Crippen LogP contribution < -0.4 is 0 Å². The van der Waals surface area contributed by atoms with Gasteiger partial charge in [0.15, 0.2) is 0 Å². The standard InChI is InChI=1S/C12H17BrN2S/c1-8(2)9(7-14)12(15(3)4)10-5-6-11(13)16-10/h5-6,8-9,12H,1-4H3. The van der Waals surface area contributed by atoms with Crippen molar-refractivity contribution in [2.45, 2.75) is 19.9 Å². The van der Waals surface area contributed by atoms with Crippen LogP contribution in [0.15, 0.2) is 15.9 Å². The van der Waals surface area contributed by atoms with E-state index in [0.717, 1.165) is 3.79 Å². The molecule has 0 N–H and O–H groups in total. The van der Waals surface area contributed by atoms with E-state index in [1.165, 1.54) is 4.88 Å². The van der Waals surface area contributed by atoms with Crippen LogP contribution in [-0.4, -0.2) is 19.0 Å². The van der Waals surface area contributed by atoms with Crippen LogP contribution in [0.1, 0.15) is 24.8 Å². The molecule has 0 aliphatic rings. The minimum atomic E-state index is 0.0283. The number of hydrogen-bond acceptors (Lipinski definition) is 3. The monoisotopic (exact) mass is 300 g/mol. The molecule has 1 rings (SSSR count). The van der Waals surface area contributed by atoms with E-state index in [-0.39, 0.29) is 12.0 Å². The topological polar surface area (TPSA) is 27.0 Å². The predicted molar refractivity (Wildman–Crippen MR) is 72.4 cm³/mol. The molecular formula is C12H17BrN2S. The Kier molecular flexibility index (Phi) is 4.97. The highest BCUT2D eigenvalue weighted by atomic mass is 79.9. The van der Waals surface area contributed by atoms with E-state index < -0.39 is 0 Å². The molecule has 1 heterocycles. The second-order valence-electron chi connectivity index (χ2n) is 4.45. The van der Waals surface area contributed by atoms with Crippen molar-refractivity contribution in [2.75, 3.05) is 14.1 Å². The molecule has 0 aromatic carbocycles. The largest absolute Gasteiger partial charge is 0.300 e. The lowest BCUT2D eigenvalue weighted by Gasteiger charge is -2.29. The first-order valence-corrected chi connectivity index (χ1v) is 6.89. The van der Waals surface area contributed by atoms with E-state index in [4.69, 9.17) is 0 Å². The molecule has 0 fully saturated rings. The summed E-state index contributed by atoms with van der Waals surface area (Å²) in [6.07, 6.45) is 0. The molecule has 4 heteroatoms. The quantitative estimate of drug-likeness (QED) is 0.843. The lowest BCUT2D eigenvalue weighted by atomic mass is 9.88. The third-order valence-electron chi connectivity index (χ3n) is 2.65. The van der Waals surface area contributed by atoms with Gasteiger partial charge in [0.1, 0.15) is 0 Å². The van der Waals surface area contributed by atoms with Gasteiger partial charge >= 0.3 is 0 Å². The number of nitriles is 1. The normalized spacial score (nSPS) is 15.1. The predicted octanol–water partition coefficient (Wildman–Crippen LogP) is 3.91. The van der Waals surface area contributed by atoms with Crippen LogP contribution in [-0.2, 0) is 0 Å². The van der Waals surface area contributed by atoms with E-state index >= 15 is 0 Å². The zero-order chi connectivity index (χ0) is 12.3. The number of nitrogens with zero attached hydrogens (tertiary/aromatic N) is 2. The lowest BCUT2D eigenvalue weighted by Crippen LogP contribution is -2.29. The summed E-state index contributed by atoms with van der Waals surface area (Å²) in [6, 6.07) is 6.77. The molecule has 0 spiro atoms. The van der Waals surface area contributed by atoms with Gasteiger partial charge in [-0.2, -0.15) is 5.26 Å². The van der Waals surface area contributed by atoms with Crippen molar-refractivity contribution in [3.8, 4) is 6.07 Å². The van der Waals surface area contributed by atoms with E-state index in [0.29, 0.717) is 5.92 Å². The van der Waals surface area contributed by atoms with Crippen LogP contribution in [0.4, 0.5) is 0 Å². The summed E-state index contributed by atoms with van der Waals surface area (Å²) in [6.45, 7) is 4.21. The van der Waals surface area contributed by atoms with Gasteiger partial charge in [0.25, 0.3) is 0 Å². The molecule has 1 aromatic heterocycles. The highest BCUT2D eigenvalue weighted by Crippen LogP contribution is 2.36. The molecule has 1 aromatic rings. The summed E-state index contributed by atoms with van der Waals surface area (Å²) in [5, 5.41) is 9.30. The number of thiophene rings is 1. The van der Waals surface area contributed by atoms with Crippen molar-refractivity contribution < 1.29 is 0 Å². The minimum absolute atomic E-state index is 0.0283. The third kappa shape index (κ3) is 3.07. The third-order valence-corrected chi connectivity index (χ3v) is 4.34. The Morgan fingerprint density at radius 2 is 2.00 bits per heavy atom. The fraction of sp³-hybridized carbons (Fsp3) is 0.583. The van der Waals surface area contributed by atoms with Gasteiger partial charge in [-0.05, 0) is 48.1 Å². The molecule has 0 bridgehead atoms. The summed E-state index contributed by atoms with van der Waals surface area (Å²) >= 11 is 5.18. The zero-order valence-electron chi connectivity index (χ0n) is 10.1. The van der Waals surface area contributed by atoms with Gasteiger partial charge in [0.2, 0.25) is 0 Å².